The number of non-ortho nitro benzene ring substituents is 1. The molecule has 2 aromatic carbocycles. The van der Waals surface area contributed by atoms with Gasteiger partial charge in [0, 0.05) is 36.6 Å². The molecule has 11 heteroatoms. The fraction of sp³-hybridized carbons (Fsp3) is 0.455. The summed E-state index contributed by atoms with van der Waals surface area (Å²) in [5.41, 5.74) is 2.95. The predicted molar refractivity (Wildman–Crippen MR) is 124 cm³/mol. The van der Waals surface area contributed by atoms with Gasteiger partial charge in [-0.3, -0.25) is 19.6 Å². The molecular formula is C22H29N4O6S+. The van der Waals surface area contributed by atoms with E-state index in [-0.39, 0.29) is 22.9 Å². The number of rotatable bonds is 8. The van der Waals surface area contributed by atoms with Crippen LogP contribution in [-0.2, 0) is 10.1 Å². The number of fused-ring (bicyclic) bond motifs is 1. The molecule has 0 fully saturated rings. The number of nitrogens with one attached hydrogen (secondary N) is 1. The molecular weight excluding hydrogens is 448 g/mol. The molecule has 1 aliphatic rings. The van der Waals surface area contributed by atoms with E-state index in [4.69, 9.17) is 9.29 Å². The minimum Gasteiger partial charge on any atom is -0.494 e. The van der Waals surface area contributed by atoms with Crippen molar-refractivity contribution in [1.29, 1.82) is 0 Å². The second kappa shape index (κ2) is 9.54. The molecule has 2 atom stereocenters. The van der Waals surface area contributed by atoms with Crippen LogP contribution in [0.1, 0.15) is 45.1 Å². The molecule has 0 saturated carbocycles. The number of hydrogen-bond acceptors (Lipinski definition) is 7. The third-order valence-electron chi connectivity index (χ3n) is 6.00. The fourth-order valence-corrected chi connectivity index (χ4v) is 5.02. The van der Waals surface area contributed by atoms with Crippen LogP contribution in [-0.4, -0.2) is 42.8 Å². The molecule has 2 unspecified atom stereocenters. The van der Waals surface area contributed by atoms with E-state index in [1.807, 2.05) is 12.1 Å². The Morgan fingerprint density at radius 1 is 1.24 bits per heavy atom. The van der Waals surface area contributed by atoms with Gasteiger partial charge in [-0.25, -0.2) is 0 Å². The van der Waals surface area contributed by atoms with Crippen molar-refractivity contribution < 1.29 is 27.5 Å². The molecule has 0 saturated heterocycles. The van der Waals surface area contributed by atoms with E-state index in [2.05, 4.69) is 31.0 Å². The molecule has 0 aromatic heterocycles. The van der Waals surface area contributed by atoms with Crippen LogP contribution in [0.15, 0.2) is 46.6 Å². The minimum absolute atomic E-state index is 0.0196. The summed E-state index contributed by atoms with van der Waals surface area (Å²) in [5, 5.41) is 19.4. The lowest BCUT2D eigenvalue weighted by molar-refractivity contribution is -0.890. The van der Waals surface area contributed by atoms with Crippen molar-refractivity contribution in [2.75, 3.05) is 19.4 Å². The average molecular weight is 478 g/mol. The van der Waals surface area contributed by atoms with E-state index in [0.29, 0.717) is 30.1 Å². The third kappa shape index (κ3) is 5.92. The monoisotopic (exact) mass is 477 g/mol. The van der Waals surface area contributed by atoms with Gasteiger partial charge in [-0.2, -0.15) is 13.5 Å². The highest BCUT2D eigenvalue weighted by Gasteiger charge is 2.41. The van der Waals surface area contributed by atoms with Crippen LogP contribution in [0.4, 0.5) is 22.7 Å². The Kier molecular flexibility index (Phi) is 7.15. The van der Waals surface area contributed by atoms with Gasteiger partial charge in [-0.15, -0.1) is 5.11 Å². The maximum absolute atomic E-state index is 11.2. The highest BCUT2D eigenvalue weighted by molar-refractivity contribution is 7.85. The Morgan fingerprint density at radius 3 is 2.48 bits per heavy atom. The van der Waals surface area contributed by atoms with Gasteiger partial charge in [-0.1, -0.05) is 6.92 Å². The molecule has 33 heavy (non-hydrogen) atoms. The molecule has 2 N–H and O–H groups in total. The van der Waals surface area contributed by atoms with E-state index >= 15 is 0 Å². The van der Waals surface area contributed by atoms with Gasteiger partial charge < -0.3 is 4.74 Å². The maximum Gasteiger partial charge on any atom is 0.269 e. The smallest absolute Gasteiger partial charge is 0.269 e. The summed E-state index contributed by atoms with van der Waals surface area (Å²) in [6, 6.07) is 9.65. The Labute approximate surface area is 193 Å². The van der Waals surface area contributed by atoms with Crippen molar-refractivity contribution in [2.45, 2.75) is 45.1 Å². The molecule has 0 amide bonds. The van der Waals surface area contributed by atoms with Crippen molar-refractivity contribution in [3.63, 3.8) is 0 Å². The Balaban J connectivity index is 1.94. The first kappa shape index (κ1) is 24.7. The van der Waals surface area contributed by atoms with Gasteiger partial charge in [0.05, 0.1) is 35.6 Å². The summed E-state index contributed by atoms with van der Waals surface area (Å²) >= 11 is 0. The van der Waals surface area contributed by atoms with Crippen LogP contribution in [0.3, 0.4) is 0 Å². The molecule has 10 nitrogen and oxygen atoms in total. The largest absolute Gasteiger partial charge is 0.494 e. The second-order valence-corrected chi connectivity index (χ2v) is 10.5. The third-order valence-corrected chi connectivity index (χ3v) is 6.81. The zero-order valence-electron chi connectivity index (χ0n) is 19.1. The molecule has 2 aromatic rings. The highest BCUT2D eigenvalue weighted by atomic mass is 32.2. The van der Waals surface area contributed by atoms with Crippen molar-refractivity contribution in [1.82, 2.24) is 0 Å². The number of quaternary nitrogens is 1. The zero-order chi connectivity index (χ0) is 24.4. The zero-order valence-corrected chi connectivity index (χ0v) is 19.9. The first-order valence-electron chi connectivity index (χ1n) is 10.6. The summed E-state index contributed by atoms with van der Waals surface area (Å²) in [6.07, 6.45) is 1.21. The lowest BCUT2D eigenvalue weighted by atomic mass is 9.79. The lowest BCUT2D eigenvalue weighted by Gasteiger charge is -2.42. The number of methoxy groups -OCH3 is 1. The standard InChI is InChI=1S/C22H28N4O6S/c1-15-14-22(2,3)25(10-5-11-33(29,30)31)20-13-21(32-4)19(12-18(15)20)24-23-16-6-8-17(9-7-16)26(27)28/h6-9,12-13,15H,5,10-11,14H2,1-4H3,(H,29,30,31)/p+1. The average Bonchev–Trinajstić information content (AvgIpc) is 2.73. The summed E-state index contributed by atoms with van der Waals surface area (Å²) < 4.78 is 37.1. The van der Waals surface area contributed by atoms with Gasteiger partial charge in [0.2, 0.25) is 0 Å². The molecule has 178 valence electrons. The van der Waals surface area contributed by atoms with Crippen molar-refractivity contribution in [2.24, 2.45) is 10.2 Å². The Hall–Kier alpha value is -2.89. The normalized spacial score (nSPS) is 19.9. The van der Waals surface area contributed by atoms with Crippen LogP contribution in [0.5, 0.6) is 5.75 Å². The number of benzene rings is 2. The molecule has 1 aliphatic heterocycles. The quantitative estimate of drug-likeness (QED) is 0.254. The number of nitro benzene ring substituents is 1. The number of hydrogen-bond donors (Lipinski definition) is 2. The predicted octanol–water partition coefficient (Wildman–Crippen LogP) is 4.10. The SMILES string of the molecule is COc1cc2c(cc1N=Nc1ccc([N+](=O)[O-])cc1)C(C)CC(C)(C)[NH+]2CCCS(=O)(=O)O. The fourth-order valence-electron chi connectivity index (χ4n) is 4.52. The topological polar surface area (TPSA) is 136 Å². The van der Waals surface area contributed by atoms with Crippen LogP contribution in [0.2, 0.25) is 0 Å². The summed E-state index contributed by atoms with van der Waals surface area (Å²) in [6.45, 7) is 6.96. The number of nitrogens with zero attached hydrogens (tertiary/aromatic N) is 3. The summed E-state index contributed by atoms with van der Waals surface area (Å²) in [5.74, 6) is 0.479. The van der Waals surface area contributed by atoms with Crippen molar-refractivity contribution in [3.8, 4) is 5.75 Å². The van der Waals surface area contributed by atoms with Gasteiger partial charge in [0.15, 0.2) is 5.75 Å². The minimum atomic E-state index is -4.01. The van der Waals surface area contributed by atoms with E-state index < -0.39 is 15.0 Å². The molecule has 0 aliphatic carbocycles. The van der Waals surface area contributed by atoms with Gasteiger partial charge >= 0.3 is 0 Å². The summed E-state index contributed by atoms with van der Waals surface area (Å²) in [7, 11) is -2.47. The molecule has 0 spiro atoms. The van der Waals surface area contributed by atoms with Crippen LogP contribution in [0, 0.1) is 10.1 Å². The van der Waals surface area contributed by atoms with E-state index in [1.165, 1.54) is 24.3 Å². The molecule has 0 radical (unpaired) electrons. The molecule has 3 rings (SSSR count). The van der Waals surface area contributed by atoms with Gasteiger partial charge in [0.25, 0.3) is 15.8 Å². The van der Waals surface area contributed by atoms with Crippen LogP contribution >= 0.6 is 0 Å². The van der Waals surface area contributed by atoms with Gasteiger partial charge in [-0.05, 0) is 38.0 Å². The molecule has 0 bridgehead atoms. The van der Waals surface area contributed by atoms with Crippen molar-refractivity contribution >= 4 is 32.9 Å². The van der Waals surface area contributed by atoms with E-state index in [0.717, 1.165) is 22.6 Å². The molecule has 1 heterocycles. The number of nitro groups is 1. The first-order valence-corrected chi connectivity index (χ1v) is 12.2. The first-order chi connectivity index (χ1) is 15.4. The number of ether oxygens (including phenoxy) is 1. The lowest BCUT2D eigenvalue weighted by Crippen LogP contribution is -3.16. The Morgan fingerprint density at radius 2 is 1.91 bits per heavy atom. The number of azo groups is 1. The maximum atomic E-state index is 11.2. The van der Waals surface area contributed by atoms with Gasteiger partial charge in [0.1, 0.15) is 11.4 Å². The second-order valence-electron chi connectivity index (χ2n) is 8.94. The highest BCUT2D eigenvalue weighted by Crippen LogP contribution is 2.41. The van der Waals surface area contributed by atoms with Crippen LogP contribution < -0.4 is 9.64 Å². The van der Waals surface area contributed by atoms with E-state index in [1.54, 1.807) is 7.11 Å². The van der Waals surface area contributed by atoms with Crippen molar-refractivity contribution in [3.05, 3.63) is 52.1 Å². The summed E-state index contributed by atoms with van der Waals surface area (Å²) in [4.78, 5) is 11.5. The van der Waals surface area contributed by atoms with Crippen LogP contribution in [0.25, 0.3) is 0 Å². The Bertz CT molecular complexity index is 1160. The van der Waals surface area contributed by atoms with E-state index in [9.17, 15) is 18.5 Å².